The number of hydrazone groups is 1. The van der Waals surface area contributed by atoms with Gasteiger partial charge in [-0.05, 0) is 54.1 Å². The molecule has 0 bridgehead atoms. The van der Waals surface area contributed by atoms with Crippen molar-refractivity contribution in [2.75, 3.05) is 5.75 Å². The van der Waals surface area contributed by atoms with Crippen molar-refractivity contribution < 1.29 is 4.79 Å². The Morgan fingerprint density at radius 1 is 0.969 bits per heavy atom. The molecule has 160 valence electrons. The third-order valence-corrected chi connectivity index (χ3v) is 5.75. The molecule has 0 aliphatic carbocycles. The van der Waals surface area contributed by atoms with Crippen molar-refractivity contribution >= 4 is 47.1 Å². The Morgan fingerprint density at radius 2 is 1.75 bits per heavy atom. The number of benzene rings is 3. The highest BCUT2D eigenvalue weighted by atomic mass is 35.5. The van der Waals surface area contributed by atoms with Gasteiger partial charge in [0.2, 0.25) is 0 Å². The number of nitrogens with one attached hydrogen (secondary N) is 1. The van der Waals surface area contributed by atoms with Crippen LogP contribution < -0.4 is 5.43 Å². The van der Waals surface area contributed by atoms with Gasteiger partial charge in [-0.25, -0.2) is 5.43 Å². The van der Waals surface area contributed by atoms with Gasteiger partial charge in [0, 0.05) is 21.3 Å². The summed E-state index contributed by atoms with van der Waals surface area (Å²) in [5.74, 6) is 0.525. The van der Waals surface area contributed by atoms with E-state index < -0.39 is 0 Å². The quantitative estimate of drug-likeness (QED) is 0.215. The second-order valence-electron chi connectivity index (χ2n) is 6.62. The molecule has 4 aromatic rings. The van der Waals surface area contributed by atoms with Gasteiger partial charge in [0.1, 0.15) is 0 Å². The van der Waals surface area contributed by atoms with Crippen molar-refractivity contribution in [3.8, 4) is 17.1 Å². The molecule has 3 aromatic carbocycles. The summed E-state index contributed by atoms with van der Waals surface area (Å²) in [6.45, 7) is 0. The predicted octanol–water partition coefficient (Wildman–Crippen LogP) is 5.48. The van der Waals surface area contributed by atoms with Gasteiger partial charge in [-0.3, -0.25) is 9.36 Å². The number of aromatic nitrogens is 3. The Balaban J connectivity index is 1.49. The Bertz CT molecular complexity index is 1240. The van der Waals surface area contributed by atoms with E-state index in [9.17, 15) is 4.79 Å². The van der Waals surface area contributed by atoms with Gasteiger partial charge in [-0.2, -0.15) is 5.10 Å². The number of carbonyl (C=O) groups excluding carboxylic acids is 1. The monoisotopic (exact) mass is 481 g/mol. The van der Waals surface area contributed by atoms with E-state index >= 15 is 0 Å². The van der Waals surface area contributed by atoms with Gasteiger partial charge in [0.15, 0.2) is 11.0 Å². The number of amides is 1. The first kappa shape index (κ1) is 22.1. The molecule has 4 rings (SSSR count). The van der Waals surface area contributed by atoms with Gasteiger partial charge in [-0.1, -0.05) is 65.3 Å². The normalized spacial score (nSPS) is 11.1. The van der Waals surface area contributed by atoms with Crippen molar-refractivity contribution in [1.29, 1.82) is 0 Å². The number of nitrogens with zero attached hydrogens (tertiary/aromatic N) is 4. The van der Waals surface area contributed by atoms with Crippen molar-refractivity contribution in [3.05, 3.63) is 94.5 Å². The lowest BCUT2D eigenvalue weighted by Gasteiger charge is -2.10. The largest absolute Gasteiger partial charge is 0.272 e. The van der Waals surface area contributed by atoms with Gasteiger partial charge in [0.25, 0.3) is 5.91 Å². The molecule has 1 amide bonds. The van der Waals surface area contributed by atoms with Gasteiger partial charge in [0.05, 0.1) is 12.0 Å². The molecule has 0 radical (unpaired) electrons. The number of carbonyl (C=O) groups is 1. The minimum absolute atomic E-state index is 0.123. The molecule has 0 unspecified atom stereocenters. The van der Waals surface area contributed by atoms with Crippen molar-refractivity contribution in [2.24, 2.45) is 5.10 Å². The number of halogens is 2. The molecule has 0 fully saturated rings. The Morgan fingerprint density at radius 3 is 2.50 bits per heavy atom. The fraction of sp³-hybridized carbons (Fsp3) is 0.0435. The molecular formula is C23H17Cl2N5OS. The smallest absolute Gasteiger partial charge is 0.250 e. The second-order valence-corrected chi connectivity index (χ2v) is 8.44. The SMILES string of the molecule is O=C(CSc1nnc(-c2ccc(Cl)cc2)n1-c1ccccc1)N/N=C\c1cccc(Cl)c1. The van der Waals surface area contributed by atoms with Crippen LogP contribution in [0.25, 0.3) is 17.1 Å². The minimum Gasteiger partial charge on any atom is -0.272 e. The van der Waals surface area contributed by atoms with E-state index in [1.807, 2.05) is 59.2 Å². The lowest BCUT2D eigenvalue weighted by atomic mass is 10.2. The number of hydrogen-bond donors (Lipinski definition) is 1. The van der Waals surface area contributed by atoms with E-state index in [1.165, 1.54) is 11.8 Å². The van der Waals surface area contributed by atoms with Crippen LogP contribution in [-0.2, 0) is 4.79 Å². The van der Waals surface area contributed by atoms with E-state index in [2.05, 4.69) is 20.7 Å². The maximum Gasteiger partial charge on any atom is 0.250 e. The summed E-state index contributed by atoms with van der Waals surface area (Å²) < 4.78 is 1.91. The summed E-state index contributed by atoms with van der Waals surface area (Å²) >= 11 is 13.2. The number of para-hydroxylation sites is 1. The van der Waals surface area contributed by atoms with E-state index in [4.69, 9.17) is 23.2 Å². The van der Waals surface area contributed by atoms with E-state index in [-0.39, 0.29) is 11.7 Å². The van der Waals surface area contributed by atoms with Crippen molar-refractivity contribution in [3.63, 3.8) is 0 Å². The molecule has 32 heavy (non-hydrogen) atoms. The van der Waals surface area contributed by atoms with Crippen LogP contribution in [0.3, 0.4) is 0 Å². The summed E-state index contributed by atoms with van der Waals surface area (Å²) in [7, 11) is 0. The van der Waals surface area contributed by atoms with E-state index in [0.29, 0.717) is 21.0 Å². The fourth-order valence-corrected chi connectivity index (χ4v) is 3.96. The fourth-order valence-electron chi connectivity index (χ4n) is 2.89. The van der Waals surface area contributed by atoms with E-state index in [1.54, 1.807) is 30.5 Å². The molecular weight excluding hydrogens is 465 g/mol. The lowest BCUT2D eigenvalue weighted by Crippen LogP contribution is -2.20. The van der Waals surface area contributed by atoms with E-state index in [0.717, 1.165) is 16.8 Å². The topological polar surface area (TPSA) is 72.2 Å². The zero-order valence-corrected chi connectivity index (χ0v) is 19.0. The summed E-state index contributed by atoms with van der Waals surface area (Å²) in [5.41, 5.74) is 5.07. The molecule has 9 heteroatoms. The molecule has 0 atom stereocenters. The van der Waals surface area contributed by atoms with Crippen molar-refractivity contribution in [2.45, 2.75) is 5.16 Å². The molecule has 6 nitrogen and oxygen atoms in total. The predicted molar refractivity (Wildman–Crippen MR) is 130 cm³/mol. The molecule has 0 aliphatic rings. The minimum atomic E-state index is -0.260. The molecule has 0 spiro atoms. The molecule has 1 aromatic heterocycles. The average molecular weight is 482 g/mol. The Hall–Kier alpha value is -3.13. The average Bonchev–Trinajstić information content (AvgIpc) is 3.23. The highest BCUT2D eigenvalue weighted by molar-refractivity contribution is 7.99. The van der Waals surface area contributed by atoms with Crippen LogP contribution in [0.1, 0.15) is 5.56 Å². The van der Waals surface area contributed by atoms with Crippen LogP contribution in [0.5, 0.6) is 0 Å². The van der Waals surface area contributed by atoms with Crippen LogP contribution in [0.15, 0.2) is 89.1 Å². The zero-order valence-electron chi connectivity index (χ0n) is 16.7. The highest BCUT2D eigenvalue weighted by Gasteiger charge is 2.17. The maximum absolute atomic E-state index is 12.3. The number of hydrogen-bond acceptors (Lipinski definition) is 5. The second kappa shape index (κ2) is 10.5. The van der Waals surface area contributed by atoms with Crippen LogP contribution in [0, 0.1) is 0 Å². The van der Waals surface area contributed by atoms with Crippen LogP contribution >= 0.6 is 35.0 Å². The summed E-state index contributed by atoms with van der Waals surface area (Å²) in [4.78, 5) is 12.3. The van der Waals surface area contributed by atoms with Crippen molar-refractivity contribution in [1.82, 2.24) is 20.2 Å². The molecule has 0 saturated heterocycles. The molecule has 0 aliphatic heterocycles. The standard InChI is InChI=1S/C23H17Cl2N5OS/c24-18-11-9-17(10-12-18)22-28-29-23(30(22)20-7-2-1-3-8-20)32-15-21(31)27-26-14-16-5-4-6-19(25)13-16/h1-14H,15H2,(H,27,31)/b26-14-. The first-order chi connectivity index (χ1) is 15.6. The van der Waals surface area contributed by atoms with Gasteiger partial charge in [-0.15, -0.1) is 10.2 Å². The van der Waals surface area contributed by atoms with Gasteiger partial charge < -0.3 is 0 Å². The first-order valence-electron chi connectivity index (χ1n) is 9.57. The summed E-state index contributed by atoms with van der Waals surface area (Å²) in [5, 5.41) is 14.5. The first-order valence-corrected chi connectivity index (χ1v) is 11.3. The Labute approximate surface area is 199 Å². The third-order valence-electron chi connectivity index (χ3n) is 4.33. The number of thioether (sulfide) groups is 1. The van der Waals surface area contributed by atoms with Crippen LogP contribution in [0.4, 0.5) is 0 Å². The molecule has 0 saturated carbocycles. The summed E-state index contributed by atoms with van der Waals surface area (Å²) in [6.07, 6.45) is 1.54. The zero-order chi connectivity index (χ0) is 22.3. The Kier molecular flexibility index (Phi) is 7.21. The maximum atomic E-state index is 12.3. The number of rotatable bonds is 7. The van der Waals surface area contributed by atoms with Crippen LogP contribution in [-0.4, -0.2) is 32.6 Å². The highest BCUT2D eigenvalue weighted by Crippen LogP contribution is 2.28. The van der Waals surface area contributed by atoms with Crippen LogP contribution in [0.2, 0.25) is 10.0 Å². The summed E-state index contributed by atoms with van der Waals surface area (Å²) in [6, 6.07) is 24.3. The lowest BCUT2D eigenvalue weighted by molar-refractivity contribution is -0.118. The third kappa shape index (κ3) is 5.56. The van der Waals surface area contributed by atoms with Gasteiger partial charge >= 0.3 is 0 Å². The molecule has 1 N–H and O–H groups in total. The molecule has 1 heterocycles.